The fraction of sp³-hybridized carbons (Fsp3) is 0.619. The number of anilines is 3. The number of aliphatic hydroxyl groups is 1. The standard InChI is InChI=1S/C11H16ClN3O.C10H13ClN4/c1-7-9-5-4-8(3-2-6-16)14-10(9)15-11(12)13-7;1-6-8-9(14-10(11)12-6)13-7-3-2-4-15(8)5-7/h8,16H,2-6H2,1H3,(H,13,14,15);7H,2-5H2,1H3,(H,12,13,14)/t;7-/m.0/s1. The molecule has 3 aliphatic rings. The largest absolute Gasteiger partial charge is 0.396 e. The molecule has 0 spiro atoms. The van der Waals surface area contributed by atoms with E-state index >= 15 is 0 Å². The fourth-order valence-electron chi connectivity index (χ4n) is 4.62. The van der Waals surface area contributed by atoms with E-state index < -0.39 is 0 Å². The van der Waals surface area contributed by atoms with E-state index in [1.165, 1.54) is 18.4 Å². The number of hydrogen-bond donors (Lipinski definition) is 3. The van der Waals surface area contributed by atoms with Crippen molar-refractivity contribution in [3.63, 3.8) is 0 Å². The SMILES string of the molecule is Cc1nc(Cl)nc2c1CCC(CCCO)N2.Cc1nc(Cl)nc2c1N1CCC[C@@H](C1)N2. The molecule has 0 aromatic carbocycles. The summed E-state index contributed by atoms with van der Waals surface area (Å²) in [6, 6.07) is 0.918. The van der Waals surface area contributed by atoms with Gasteiger partial charge in [0.25, 0.3) is 0 Å². The maximum atomic E-state index is 8.81. The quantitative estimate of drug-likeness (QED) is 0.588. The summed E-state index contributed by atoms with van der Waals surface area (Å²) in [5, 5.41) is 16.2. The number of nitrogens with zero attached hydrogens (tertiary/aromatic N) is 5. The Bertz CT molecular complexity index is 942. The number of aryl methyl sites for hydroxylation is 2. The monoisotopic (exact) mass is 465 g/mol. The Morgan fingerprint density at radius 3 is 2.52 bits per heavy atom. The van der Waals surface area contributed by atoms with Crippen LogP contribution in [0.1, 0.15) is 49.1 Å². The summed E-state index contributed by atoms with van der Waals surface area (Å²) in [5.41, 5.74) is 4.24. The molecular weight excluding hydrogens is 437 g/mol. The lowest BCUT2D eigenvalue weighted by molar-refractivity contribution is 0.279. The molecule has 1 fully saturated rings. The highest BCUT2D eigenvalue weighted by Crippen LogP contribution is 2.35. The average Bonchev–Trinajstić information content (AvgIpc) is 2.71. The van der Waals surface area contributed by atoms with E-state index in [0.29, 0.717) is 22.7 Å². The third kappa shape index (κ3) is 5.13. The summed E-state index contributed by atoms with van der Waals surface area (Å²) in [5.74, 6) is 1.77. The molecule has 3 aliphatic heterocycles. The third-order valence-corrected chi connectivity index (χ3v) is 6.43. The molecule has 3 N–H and O–H groups in total. The molecule has 2 aromatic rings. The Morgan fingerprint density at radius 2 is 1.74 bits per heavy atom. The smallest absolute Gasteiger partial charge is 0.224 e. The van der Waals surface area contributed by atoms with Crippen LogP contribution in [0.3, 0.4) is 0 Å². The summed E-state index contributed by atoms with van der Waals surface area (Å²) in [7, 11) is 0. The van der Waals surface area contributed by atoms with Gasteiger partial charge in [-0.25, -0.2) is 15.0 Å². The lowest BCUT2D eigenvalue weighted by atomic mass is 9.97. The molecule has 31 heavy (non-hydrogen) atoms. The molecule has 0 saturated carbocycles. The lowest BCUT2D eigenvalue weighted by Crippen LogP contribution is -2.46. The van der Waals surface area contributed by atoms with Crippen LogP contribution in [0.5, 0.6) is 0 Å². The molecular formula is C21H29Cl2N7O. The molecule has 10 heteroatoms. The summed E-state index contributed by atoms with van der Waals surface area (Å²) < 4.78 is 0. The van der Waals surface area contributed by atoms with Crippen molar-refractivity contribution in [3.8, 4) is 0 Å². The zero-order valence-electron chi connectivity index (χ0n) is 18.0. The van der Waals surface area contributed by atoms with E-state index in [9.17, 15) is 0 Å². The first-order chi connectivity index (χ1) is 14.9. The number of halogens is 2. The van der Waals surface area contributed by atoms with Gasteiger partial charge in [0.05, 0.1) is 5.69 Å². The van der Waals surface area contributed by atoms with Crippen LogP contribution >= 0.6 is 23.2 Å². The molecule has 168 valence electrons. The van der Waals surface area contributed by atoms with Crippen molar-refractivity contribution in [1.82, 2.24) is 19.9 Å². The van der Waals surface area contributed by atoms with Crippen molar-refractivity contribution in [1.29, 1.82) is 0 Å². The van der Waals surface area contributed by atoms with Gasteiger partial charge in [-0.05, 0) is 75.6 Å². The van der Waals surface area contributed by atoms with Crippen LogP contribution in [0.4, 0.5) is 17.3 Å². The van der Waals surface area contributed by atoms with Crippen molar-refractivity contribution in [3.05, 3.63) is 27.5 Å². The van der Waals surface area contributed by atoms with Crippen LogP contribution in [-0.4, -0.2) is 56.8 Å². The van der Waals surface area contributed by atoms with Gasteiger partial charge < -0.3 is 20.6 Å². The van der Waals surface area contributed by atoms with Gasteiger partial charge in [0.2, 0.25) is 10.6 Å². The summed E-state index contributed by atoms with van der Waals surface area (Å²) in [4.78, 5) is 19.2. The second-order valence-corrected chi connectivity index (χ2v) is 9.03. The first-order valence-corrected chi connectivity index (χ1v) is 11.7. The van der Waals surface area contributed by atoms with E-state index in [1.807, 2.05) is 13.8 Å². The number of fused-ring (bicyclic) bond motifs is 5. The normalized spacial score (nSPS) is 21.1. The average molecular weight is 466 g/mol. The predicted molar refractivity (Wildman–Crippen MR) is 124 cm³/mol. The van der Waals surface area contributed by atoms with Gasteiger partial charge in [-0.15, -0.1) is 0 Å². The third-order valence-electron chi connectivity index (χ3n) is 6.09. The van der Waals surface area contributed by atoms with Crippen molar-refractivity contribution >= 4 is 40.5 Å². The van der Waals surface area contributed by atoms with Gasteiger partial charge in [-0.1, -0.05) is 0 Å². The van der Waals surface area contributed by atoms with Crippen molar-refractivity contribution in [2.45, 2.75) is 64.5 Å². The van der Waals surface area contributed by atoms with Crippen LogP contribution in [0, 0.1) is 13.8 Å². The van der Waals surface area contributed by atoms with Gasteiger partial charge in [0.15, 0.2) is 5.82 Å². The van der Waals surface area contributed by atoms with E-state index in [2.05, 4.69) is 35.5 Å². The Morgan fingerprint density at radius 1 is 1.00 bits per heavy atom. The molecule has 2 aromatic heterocycles. The Balaban J connectivity index is 0.000000149. The highest BCUT2D eigenvalue weighted by Gasteiger charge is 2.30. The minimum absolute atomic E-state index is 0.245. The first kappa shape index (κ1) is 22.3. The summed E-state index contributed by atoms with van der Waals surface area (Å²) in [6.07, 6.45) is 6.30. The second kappa shape index (κ2) is 9.71. The molecule has 0 amide bonds. The minimum Gasteiger partial charge on any atom is -0.396 e. The molecule has 0 aliphatic carbocycles. The lowest BCUT2D eigenvalue weighted by Gasteiger charge is -2.41. The molecule has 8 nitrogen and oxygen atoms in total. The van der Waals surface area contributed by atoms with Crippen LogP contribution in [0.2, 0.25) is 10.6 Å². The number of aliphatic hydroxyl groups excluding tert-OH is 1. The predicted octanol–water partition coefficient (Wildman–Crippen LogP) is 3.77. The Hall–Kier alpha value is -1.90. The Kier molecular flexibility index (Phi) is 6.99. The maximum Gasteiger partial charge on any atom is 0.224 e. The molecule has 5 rings (SSSR count). The minimum atomic E-state index is 0.245. The van der Waals surface area contributed by atoms with Crippen LogP contribution < -0.4 is 15.5 Å². The Labute approximate surface area is 192 Å². The molecule has 2 bridgehead atoms. The summed E-state index contributed by atoms with van der Waals surface area (Å²) >= 11 is 11.7. The number of rotatable bonds is 3. The summed E-state index contributed by atoms with van der Waals surface area (Å²) in [6.45, 7) is 6.37. The zero-order valence-corrected chi connectivity index (χ0v) is 19.5. The second-order valence-electron chi connectivity index (χ2n) is 8.36. The fourth-order valence-corrected chi connectivity index (χ4v) is 5.05. The number of aromatic nitrogens is 4. The van der Waals surface area contributed by atoms with Gasteiger partial charge in [0.1, 0.15) is 11.5 Å². The van der Waals surface area contributed by atoms with E-state index in [-0.39, 0.29) is 6.61 Å². The van der Waals surface area contributed by atoms with Gasteiger partial charge in [0, 0.05) is 43.0 Å². The van der Waals surface area contributed by atoms with E-state index in [1.54, 1.807) is 0 Å². The molecule has 2 atom stereocenters. The van der Waals surface area contributed by atoms with Gasteiger partial charge in [-0.3, -0.25) is 0 Å². The highest BCUT2D eigenvalue weighted by atomic mass is 35.5. The first-order valence-electron chi connectivity index (χ1n) is 10.9. The molecule has 1 unspecified atom stereocenters. The van der Waals surface area contributed by atoms with E-state index in [4.69, 9.17) is 28.3 Å². The zero-order chi connectivity index (χ0) is 22.0. The van der Waals surface area contributed by atoms with Crippen LogP contribution in [0.25, 0.3) is 0 Å². The van der Waals surface area contributed by atoms with Crippen LogP contribution in [-0.2, 0) is 6.42 Å². The number of nitrogens with one attached hydrogen (secondary N) is 2. The van der Waals surface area contributed by atoms with Crippen molar-refractivity contribution in [2.75, 3.05) is 35.2 Å². The number of hydrogen-bond acceptors (Lipinski definition) is 8. The number of piperidine rings is 1. The van der Waals surface area contributed by atoms with Crippen molar-refractivity contribution < 1.29 is 5.11 Å². The molecule has 1 saturated heterocycles. The van der Waals surface area contributed by atoms with E-state index in [0.717, 1.165) is 67.5 Å². The van der Waals surface area contributed by atoms with Gasteiger partial charge >= 0.3 is 0 Å². The topological polar surface area (TPSA) is 99.1 Å². The van der Waals surface area contributed by atoms with Gasteiger partial charge in [-0.2, -0.15) is 4.98 Å². The maximum absolute atomic E-state index is 8.81. The highest BCUT2D eigenvalue weighted by molar-refractivity contribution is 6.28. The van der Waals surface area contributed by atoms with Crippen molar-refractivity contribution in [2.24, 2.45) is 0 Å². The molecule has 5 heterocycles. The van der Waals surface area contributed by atoms with Crippen LogP contribution in [0.15, 0.2) is 0 Å². The molecule has 0 radical (unpaired) electrons.